The van der Waals surface area contributed by atoms with Crippen molar-refractivity contribution in [1.82, 2.24) is 14.8 Å². The van der Waals surface area contributed by atoms with E-state index in [0.717, 1.165) is 5.39 Å². The second kappa shape index (κ2) is 10.3. The van der Waals surface area contributed by atoms with Crippen molar-refractivity contribution in [3.63, 3.8) is 0 Å². The fourth-order valence-electron chi connectivity index (χ4n) is 4.60. The van der Waals surface area contributed by atoms with Gasteiger partial charge in [-0.05, 0) is 43.3 Å². The van der Waals surface area contributed by atoms with Gasteiger partial charge in [-0.15, -0.1) is 0 Å². The molecule has 0 unspecified atom stereocenters. The Morgan fingerprint density at radius 1 is 1.08 bits per heavy atom. The Hall–Kier alpha value is -3.70. The molecule has 2 aliphatic rings. The molecule has 0 saturated carbocycles. The summed E-state index contributed by atoms with van der Waals surface area (Å²) in [6.45, 7) is 4.02. The molecule has 0 aliphatic carbocycles. The molecule has 3 heterocycles. The van der Waals surface area contributed by atoms with Gasteiger partial charge in [0.15, 0.2) is 0 Å². The molecular formula is C26H28N4O6S. The number of para-hydroxylation sites is 1. The van der Waals surface area contributed by atoms with Crippen molar-refractivity contribution in [3.8, 4) is 0 Å². The van der Waals surface area contributed by atoms with Gasteiger partial charge in [-0.25, -0.2) is 13.2 Å². The molecule has 2 amide bonds. The third kappa shape index (κ3) is 5.37. The maximum atomic E-state index is 13.2. The number of carbonyl (C=O) groups is 2. The van der Waals surface area contributed by atoms with E-state index in [9.17, 15) is 18.0 Å². The number of ether oxygens (including phenoxy) is 2. The van der Waals surface area contributed by atoms with E-state index in [1.807, 2.05) is 6.92 Å². The Morgan fingerprint density at radius 3 is 2.59 bits per heavy atom. The molecular weight excluding hydrogens is 496 g/mol. The van der Waals surface area contributed by atoms with Gasteiger partial charge in [0, 0.05) is 54.9 Å². The molecule has 2 atom stereocenters. The number of nitrogens with one attached hydrogen (secondary N) is 1. The number of hydrogen-bond donors (Lipinski definition) is 1. The molecule has 11 heteroatoms. The lowest BCUT2D eigenvalue weighted by Gasteiger charge is -2.39. The van der Waals surface area contributed by atoms with Crippen LogP contribution in [0.15, 0.2) is 65.7 Å². The number of pyridine rings is 1. The highest BCUT2D eigenvalue weighted by atomic mass is 32.2. The van der Waals surface area contributed by atoms with E-state index in [4.69, 9.17) is 9.47 Å². The predicted molar refractivity (Wildman–Crippen MR) is 137 cm³/mol. The van der Waals surface area contributed by atoms with Gasteiger partial charge >= 0.3 is 6.09 Å². The SMILES string of the molecule is C[C@H]1CN(C(=O)O[C@@H]2CCOC2)CCN1C(=O)c1ccc(NS(=O)(=O)c2cccc3cccnc23)cc1. The van der Waals surface area contributed by atoms with Crippen molar-refractivity contribution in [3.05, 3.63) is 66.4 Å². The number of piperazine rings is 1. The maximum Gasteiger partial charge on any atom is 0.410 e. The number of carbonyl (C=O) groups excluding carboxylic acids is 2. The zero-order valence-corrected chi connectivity index (χ0v) is 21.2. The fourth-order valence-corrected chi connectivity index (χ4v) is 5.84. The van der Waals surface area contributed by atoms with Crippen LogP contribution in [0.25, 0.3) is 10.9 Å². The summed E-state index contributed by atoms with van der Waals surface area (Å²) in [7, 11) is -3.89. The number of benzene rings is 2. The molecule has 0 bridgehead atoms. The Labute approximate surface area is 215 Å². The van der Waals surface area contributed by atoms with Crippen LogP contribution in [-0.2, 0) is 19.5 Å². The zero-order chi connectivity index (χ0) is 26.0. The molecule has 2 aliphatic heterocycles. The van der Waals surface area contributed by atoms with Crippen molar-refractivity contribution in [2.75, 3.05) is 37.6 Å². The highest BCUT2D eigenvalue weighted by Gasteiger charge is 2.32. The van der Waals surface area contributed by atoms with Crippen LogP contribution in [0, 0.1) is 0 Å². The normalized spacial score (nSPS) is 20.1. The summed E-state index contributed by atoms with van der Waals surface area (Å²) in [6, 6.07) is 14.6. The lowest BCUT2D eigenvalue weighted by molar-refractivity contribution is 0.0258. The van der Waals surface area contributed by atoms with Gasteiger partial charge in [-0.2, -0.15) is 0 Å². The van der Waals surface area contributed by atoms with Crippen LogP contribution >= 0.6 is 0 Å². The number of rotatable bonds is 5. The zero-order valence-electron chi connectivity index (χ0n) is 20.4. The van der Waals surface area contributed by atoms with Crippen LogP contribution in [0.5, 0.6) is 0 Å². The second-order valence-electron chi connectivity index (χ2n) is 9.18. The number of nitrogens with zero attached hydrogens (tertiary/aromatic N) is 3. The van der Waals surface area contributed by atoms with Crippen molar-refractivity contribution in [2.45, 2.75) is 30.4 Å². The summed E-state index contributed by atoms with van der Waals surface area (Å²) < 4.78 is 39.4. The summed E-state index contributed by atoms with van der Waals surface area (Å²) in [5.74, 6) is -0.183. The molecule has 0 spiro atoms. The predicted octanol–water partition coefficient (Wildman–Crippen LogP) is 3.11. The van der Waals surface area contributed by atoms with Crippen molar-refractivity contribution in [2.24, 2.45) is 0 Å². The van der Waals surface area contributed by atoms with Crippen LogP contribution in [0.1, 0.15) is 23.7 Å². The molecule has 2 saturated heterocycles. The maximum absolute atomic E-state index is 13.2. The Balaban J connectivity index is 1.22. The first-order valence-corrected chi connectivity index (χ1v) is 13.6. The fraction of sp³-hybridized carbons (Fsp3) is 0.346. The number of fused-ring (bicyclic) bond motifs is 1. The monoisotopic (exact) mass is 524 g/mol. The van der Waals surface area contributed by atoms with Gasteiger partial charge in [0.05, 0.1) is 18.7 Å². The molecule has 1 N–H and O–H groups in total. The minimum Gasteiger partial charge on any atom is -0.444 e. The average Bonchev–Trinajstić information content (AvgIpc) is 3.41. The highest BCUT2D eigenvalue weighted by molar-refractivity contribution is 7.93. The Kier molecular flexibility index (Phi) is 6.98. The molecule has 10 nitrogen and oxygen atoms in total. The van der Waals surface area contributed by atoms with Gasteiger partial charge in [0.25, 0.3) is 15.9 Å². The summed E-state index contributed by atoms with van der Waals surface area (Å²) in [6.07, 6.45) is 1.66. The van der Waals surface area contributed by atoms with E-state index < -0.39 is 10.0 Å². The minimum absolute atomic E-state index is 0.0800. The smallest absolute Gasteiger partial charge is 0.410 e. The van der Waals surface area contributed by atoms with E-state index >= 15 is 0 Å². The number of amides is 2. The Morgan fingerprint density at radius 2 is 1.86 bits per heavy atom. The molecule has 2 fully saturated rings. The van der Waals surface area contributed by atoms with Gasteiger partial charge in [0.2, 0.25) is 0 Å². The van der Waals surface area contributed by atoms with E-state index in [1.54, 1.807) is 64.5 Å². The van der Waals surface area contributed by atoms with Crippen LogP contribution in [0.4, 0.5) is 10.5 Å². The van der Waals surface area contributed by atoms with Crippen molar-refractivity contribution in [1.29, 1.82) is 0 Å². The van der Waals surface area contributed by atoms with E-state index in [1.165, 1.54) is 6.07 Å². The summed E-state index contributed by atoms with van der Waals surface area (Å²) in [4.78, 5) is 33.2. The van der Waals surface area contributed by atoms with Crippen molar-refractivity contribution >= 4 is 38.6 Å². The lowest BCUT2D eigenvalue weighted by Crippen LogP contribution is -2.55. The first-order valence-electron chi connectivity index (χ1n) is 12.1. The van der Waals surface area contributed by atoms with Crippen LogP contribution in [-0.4, -0.2) is 80.2 Å². The number of aromatic nitrogens is 1. The molecule has 0 radical (unpaired) electrons. The third-order valence-corrected chi connectivity index (χ3v) is 7.98. The highest BCUT2D eigenvalue weighted by Crippen LogP contribution is 2.24. The van der Waals surface area contributed by atoms with Crippen LogP contribution in [0.3, 0.4) is 0 Å². The minimum atomic E-state index is -3.89. The van der Waals surface area contributed by atoms with Crippen molar-refractivity contribution < 1.29 is 27.5 Å². The molecule has 5 rings (SSSR count). The summed E-state index contributed by atoms with van der Waals surface area (Å²) in [5, 5.41) is 0.723. The van der Waals surface area contributed by atoms with E-state index in [0.29, 0.717) is 56.0 Å². The standard InChI is InChI=1S/C26H28N4O6S/c1-18-16-29(26(32)36-22-11-15-35-17-22)13-14-30(18)25(31)20-7-9-21(10-8-20)28-37(33,34)23-6-2-4-19-5-3-12-27-24(19)23/h2-10,12,18,22,28H,11,13-17H2,1H3/t18-,22+/m0/s1. The van der Waals surface area contributed by atoms with Gasteiger partial charge in [0.1, 0.15) is 11.0 Å². The quantitative estimate of drug-likeness (QED) is 0.545. The first kappa shape index (κ1) is 25.0. The van der Waals surface area contributed by atoms with E-state index in [2.05, 4.69) is 9.71 Å². The first-order chi connectivity index (χ1) is 17.8. The Bertz CT molecular complexity index is 1400. The number of anilines is 1. The molecule has 37 heavy (non-hydrogen) atoms. The molecule has 1 aromatic heterocycles. The topological polar surface area (TPSA) is 118 Å². The van der Waals surface area contributed by atoms with Crippen LogP contribution < -0.4 is 4.72 Å². The van der Waals surface area contributed by atoms with Crippen LogP contribution in [0.2, 0.25) is 0 Å². The number of sulfonamides is 1. The number of hydrogen-bond acceptors (Lipinski definition) is 7. The second-order valence-corrected chi connectivity index (χ2v) is 10.8. The van der Waals surface area contributed by atoms with E-state index in [-0.39, 0.29) is 29.0 Å². The third-order valence-electron chi connectivity index (χ3n) is 6.57. The molecule has 3 aromatic rings. The lowest BCUT2D eigenvalue weighted by atomic mass is 10.1. The summed E-state index contributed by atoms with van der Waals surface area (Å²) >= 11 is 0. The summed E-state index contributed by atoms with van der Waals surface area (Å²) in [5.41, 5.74) is 1.15. The van der Waals surface area contributed by atoms with Gasteiger partial charge in [-0.1, -0.05) is 18.2 Å². The molecule has 2 aromatic carbocycles. The largest absolute Gasteiger partial charge is 0.444 e. The molecule has 194 valence electrons. The average molecular weight is 525 g/mol. The van der Waals surface area contributed by atoms with Gasteiger partial charge in [-0.3, -0.25) is 14.5 Å². The van der Waals surface area contributed by atoms with Gasteiger partial charge < -0.3 is 19.3 Å².